The largest absolute Gasteiger partial charge is 0.394 e. The molecule has 0 heterocycles. The second-order valence-electron chi connectivity index (χ2n) is 23.9. The maximum atomic E-state index is 14.1. The number of amides is 13. The number of aliphatic hydroxyl groups excluding tert-OH is 2. The molecule has 0 unspecified atom stereocenters. The first-order valence-electron chi connectivity index (χ1n) is 33.4. The molecule has 0 aromatic heterocycles. The average molecular weight is 1430 g/mol. The van der Waals surface area contributed by atoms with E-state index in [0.717, 1.165) is 16.3 Å². The maximum Gasteiger partial charge on any atom is 0.245 e. The van der Waals surface area contributed by atoms with Gasteiger partial charge in [-0.15, -0.1) is 0 Å². The summed E-state index contributed by atoms with van der Waals surface area (Å²) in [6, 6.07) is 9.08. The molecule has 102 heavy (non-hydrogen) atoms. The van der Waals surface area contributed by atoms with E-state index in [-0.39, 0.29) is 89.5 Å². The van der Waals surface area contributed by atoms with E-state index in [1.165, 1.54) is 20.8 Å². The van der Waals surface area contributed by atoms with Gasteiger partial charge in [0.2, 0.25) is 76.8 Å². The van der Waals surface area contributed by atoms with Gasteiger partial charge in [-0.3, -0.25) is 72.3 Å². The van der Waals surface area contributed by atoms with E-state index in [4.69, 9.17) is 40.1 Å². The molecule has 0 saturated carbocycles. The summed E-state index contributed by atoms with van der Waals surface area (Å²) < 4.78 is 0. The molecule has 0 radical (unpaired) electrons. The maximum absolute atomic E-state index is 14.1. The topological polar surface area (TPSA) is 626 Å². The number of hydrogen-bond donors (Lipinski definition) is 22. The third-order valence-corrected chi connectivity index (χ3v) is 15.5. The summed E-state index contributed by atoms with van der Waals surface area (Å²) in [7, 11) is 0. The molecule has 3 aromatic carbocycles. The van der Waals surface area contributed by atoms with Gasteiger partial charge in [0.05, 0.1) is 38.9 Å². The van der Waals surface area contributed by atoms with Crippen molar-refractivity contribution in [2.45, 2.75) is 158 Å². The van der Waals surface area contributed by atoms with Crippen LogP contribution in [0, 0.1) is 0 Å². The Morgan fingerprint density at radius 1 is 0.422 bits per heavy atom. The number of rotatable bonds is 48. The monoisotopic (exact) mass is 1430 g/mol. The molecule has 10 atom stereocenters. The zero-order valence-corrected chi connectivity index (χ0v) is 57.7. The Kier molecular flexibility index (Phi) is 39.2. The fourth-order valence-electron chi connectivity index (χ4n) is 9.91. The van der Waals surface area contributed by atoms with Crippen molar-refractivity contribution in [1.29, 1.82) is 0 Å². The number of carbonyl (C=O) groups excluding carboxylic acids is 13. The second-order valence-corrected chi connectivity index (χ2v) is 23.9. The number of aliphatic imine (C=N–C) groups is 2. The van der Waals surface area contributed by atoms with Crippen LogP contribution in [0.15, 0.2) is 82.8 Å². The summed E-state index contributed by atoms with van der Waals surface area (Å²) in [5.41, 5.74) is 40.2. The minimum absolute atomic E-state index is 0.0241. The van der Waals surface area contributed by atoms with Crippen molar-refractivity contribution < 1.29 is 72.5 Å². The van der Waals surface area contributed by atoms with E-state index in [0.29, 0.717) is 37.9 Å². The molecule has 0 aliphatic rings. The molecular formula is C65H102N22O15. The standard InChI is InChI=1S/C65H102N22O15/c1-37(79-52(92)35-78-63(102)54(39(3)89)87-61(100)48(30-40-16-5-4-6-17-40)81-53(93)34-77-51(91)33-76-50(90)32-73-31-42-20-13-19-41-18-7-8-21-43(41)42)56(95)83-47(25-15-29-75-65(71)72)59(98)85-45(23-10-12-27-67)60(99)86-49(36-88)62(101)80-38(2)57(96)84-46(24-14-28-74-64(69)70)58(97)82-44(55(68)94)22-9-11-26-66/h4-8,13,16-21,37-39,44-49,54,73,88-89H,9-12,14-15,22-36,66-67H2,1-3H3,(H2,68,94)(H,76,90)(H,77,91)(H,78,102)(H,79,92)(H,80,101)(H,81,93)(H,82,97)(H,83,95)(H,84,96)(H,85,98)(H,86,99)(H,87,100)(H4,69,70,74)(H4,71,72,75)/t37-,38-,39+,44-,45-,46-,47-,48-,49-,54+/m0/s1. The van der Waals surface area contributed by atoms with Gasteiger partial charge in [0.1, 0.15) is 54.4 Å². The molecule has 0 spiro atoms. The quantitative estimate of drug-likeness (QED) is 0.0142. The second kappa shape index (κ2) is 46.7. The molecule has 562 valence electrons. The number of primary amides is 1. The van der Waals surface area contributed by atoms with Crippen LogP contribution >= 0.6 is 0 Å². The van der Waals surface area contributed by atoms with Crippen molar-refractivity contribution in [2.75, 3.05) is 59.0 Å². The molecule has 0 bridgehead atoms. The smallest absolute Gasteiger partial charge is 0.245 e. The van der Waals surface area contributed by atoms with Crippen LogP contribution in [0.2, 0.25) is 0 Å². The number of nitrogens with one attached hydrogen (secondary N) is 13. The lowest BCUT2D eigenvalue weighted by atomic mass is 10.0. The summed E-state index contributed by atoms with van der Waals surface area (Å²) in [5.74, 6) is -11.9. The molecule has 3 aromatic rings. The van der Waals surface area contributed by atoms with Gasteiger partial charge in [-0.25, -0.2) is 0 Å². The van der Waals surface area contributed by atoms with Crippen LogP contribution in [0.4, 0.5) is 0 Å². The Balaban J connectivity index is 1.65. The highest BCUT2D eigenvalue weighted by Gasteiger charge is 2.34. The zero-order valence-electron chi connectivity index (χ0n) is 57.7. The van der Waals surface area contributed by atoms with Gasteiger partial charge >= 0.3 is 0 Å². The van der Waals surface area contributed by atoms with Crippen molar-refractivity contribution in [3.05, 3.63) is 83.9 Å². The van der Waals surface area contributed by atoms with E-state index in [2.05, 4.69) is 79.1 Å². The van der Waals surface area contributed by atoms with Crippen molar-refractivity contribution in [3.63, 3.8) is 0 Å². The average Bonchev–Trinajstić information content (AvgIpc) is 0.839. The number of carbonyl (C=O) groups is 13. The number of nitrogens with two attached hydrogens (primary N) is 7. The Morgan fingerprint density at radius 3 is 1.40 bits per heavy atom. The van der Waals surface area contributed by atoms with Gasteiger partial charge in [0.25, 0.3) is 0 Å². The van der Waals surface area contributed by atoms with Crippen LogP contribution in [0.5, 0.6) is 0 Å². The highest BCUT2D eigenvalue weighted by atomic mass is 16.3. The van der Waals surface area contributed by atoms with Crippen LogP contribution in [0.1, 0.15) is 96.1 Å². The molecule has 0 aliphatic carbocycles. The summed E-state index contributed by atoms with van der Waals surface area (Å²) in [6.45, 7) is 1.59. The molecular weight excluding hydrogens is 1330 g/mol. The van der Waals surface area contributed by atoms with Gasteiger partial charge in [0.15, 0.2) is 11.9 Å². The van der Waals surface area contributed by atoms with E-state index >= 15 is 0 Å². The van der Waals surface area contributed by atoms with E-state index < -0.39 is 164 Å². The fraction of sp³-hybridized carbons (Fsp3) is 0.523. The number of benzene rings is 3. The molecule has 0 saturated heterocycles. The Bertz CT molecular complexity index is 3330. The molecule has 0 aliphatic heterocycles. The highest BCUT2D eigenvalue weighted by Crippen LogP contribution is 2.18. The first-order valence-corrected chi connectivity index (χ1v) is 33.4. The zero-order chi connectivity index (χ0) is 75.7. The van der Waals surface area contributed by atoms with Crippen LogP contribution in [0.3, 0.4) is 0 Å². The predicted octanol–water partition coefficient (Wildman–Crippen LogP) is -7.85. The molecule has 3 rings (SSSR count). The normalized spacial score (nSPS) is 13.8. The highest BCUT2D eigenvalue weighted by molar-refractivity contribution is 5.99. The van der Waals surface area contributed by atoms with E-state index in [1.54, 1.807) is 30.3 Å². The van der Waals surface area contributed by atoms with Gasteiger partial charge in [-0.2, -0.15) is 0 Å². The minimum Gasteiger partial charge on any atom is -0.394 e. The molecule has 0 fully saturated rings. The van der Waals surface area contributed by atoms with Gasteiger partial charge < -0.3 is 119 Å². The van der Waals surface area contributed by atoms with Crippen molar-refractivity contribution in [1.82, 2.24) is 69.1 Å². The predicted molar refractivity (Wildman–Crippen MR) is 377 cm³/mol. The number of hydrogen-bond acceptors (Lipinski definition) is 20. The lowest BCUT2D eigenvalue weighted by Crippen LogP contribution is -2.60. The Labute approximate surface area is 590 Å². The first kappa shape index (κ1) is 85.6. The fourth-order valence-corrected chi connectivity index (χ4v) is 9.91. The Hall–Kier alpha value is -10.6. The third-order valence-electron chi connectivity index (χ3n) is 15.5. The van der Waals surface area contributed by atoms with Gasteiger partial charge in [0, 0.05) is 26.1 Å². The van der Waals surface area contributed by atoms with Crippen LogP contribution in [-0.2, 0) is 75.3 Å². The summed E-state index contributed by atoms with van der Waals surface area (Å²) in [4.78, 5) is 182. The number of unbranched alkanes of at least 4 members (excludes halogenated alkanes) is 2. The first-order chi connectivity index (χ1) is 48.6. The summed E-state index contributed by atoms with van der Waals surface area (Å²) in [6.07, 6.45) is 0.0462. The minimum atomic E-state index is -1.73. The number of guanidine groups is 2. The van der Waals surface area contributed by atoms with Crippen LogP contribution in [-0.4, -0.2) is 218 Å². The molecule has 13 amide bonds. The number of nitrogens with zero attached hydrogens (tertiary/aromatic N) is 2. The van der Waals surface area contributed by atoms with Crippen LogP contribution < -0.4 is 109 Å². The van der Waals surface area contributed by atoms with Crippen molar-refractivity contribution in [2.24, 2.45) is 50.1 Å². The third kappa shape index (κ3) is 33.0. The van der Waals surface area contributed by atoms with Crippen molar-refractivity contribution in [3.8, 4) is 0 Å². The summed E-state index contributed by atoms with van der Waals surface area (Å²) >= 11 is 0. The number of fused-ring (bicyclic) bond motifs is 1. The van der Waals surface area contributed by atoms with Crippen molar-refractivity contribution >= 4 is 99.5 Å². The molecule has 29 N–H and O–H groups in total. The van der Waals surface area contributed by atoms with Gasteiger partial charge in [-0.05, 0) is 120 Å². The van der Waals surface area contributed by atoms with Crippen LogP contribution in [0.25, 0.3) is 10.8 Å². The molecule has 37 heteroatoms. The SMILES string of the molecule is C[C@H](NC(=O)CNC(=O)[C@H](NC(=O)[C@H](Cc1ccccc1)NC(=O)CNC(=O)CNC(=O)CNCc1cccc2ccccc12)[C@@H](C)O)C(=O)N[C@@H](CCCN=C(N)N)C(=O)N[C@@H](CCCCN)C(=O)N[C@@H](CO)C(=O)N[C@@H](C)C(=O)N[C@@H](CCCN=C(N)N)C(=O)N[C@@H](CCCCN)C(N)=O. The van der Waals surface area contributed by atoms with E-state index in [9.17, 15) is 72.5 Å². The lowest BCUT2D eigenvalue weighted by molar-refractivity contribution is -0.136. The summed E-state index contributed by atoms with van der Waals surface area (Å²) in [5, 5.41) is 55.4. The van der Waals surface area contributed by atoms with E-state index in [1.807, 2.05) is 42.5 Å². The molecule has 37 nitrogen and oxygen atoms in total. The lowest BCUT2D eigenvalue weighted by Gasteiger charge is -2.26. The Morgan fingerprint density at radius 2 is 0.863 bits per heavy atom. The number of aliphatic hydroxyl groups is 2. The van der Waals surface area contributed by atoms with Gasteiger partial charge in [-0.1, -0.05) is 72.8 Å².